The molecule has 3 rings (SSSR count). The van der Waals surface area contributed by atoms with E-state index >= 15 is 0 Å². The number of aryl methyl sites for hydroxylation is 1. The summed E-state index contributed by atoms with van der Waals surface area (Å²) < 4.78 is 0. The normalized spacial score (nSPS) is 10.7. The van der Waals surface area contributed by atoms with Crippen LogP contribution in [0.1, 0.15) is 11.3 Å². The largest absolute Gasteiger partial charge is 0.355 e. The Bertz CT molecular complexity index is 750. The molecule has 1 aromatic heterocycles. The number of benzene rings is 2. The molecular formula is C17H17N3. The molecule has 0 radical (unpaired) electrons. The first-order valence-electron chi connectivity index (χ1n) is 6.69. The molecule has 3 N–H and O–H groups in total. The lowest BCUT2D eigenvalue weighted by Gasteiger charge is -2.13. The summed E-state index contributed by atoms with van der Waals surface area (Å²) in [6, 6.07) is 18.3. The zero-order valence-electron chi connectivity index (χ0n) is 11.4. The van der Waals surface area contributed by atoms with Crippen LogP contribution in [0.5, 0.6) is 0 Å². The van der Waals surface area contributed by atoms with Crippen LogP contribution in [0.2, 0.25) is 0 Å². The van der Waals surface area contributed by atoms with E-state index in [0.717, 1.165) is 33.5 Å². The van der Waals surface area contributed by atoms with Crippen LogP contribution in [-0.2, 0) is 6.54 Å². The molecule has 0 unspecified atom stereocenters. The Morgan fingerprint density at radius 3 is 2.60 bits per heavy atom. The SMILES string of the molecule is Cc1cc(Nc2ccccc2CN)c2ccccc2n1. The van der Waals surface area contributed by atoms with Gasteiger partial charge in [-0.1, -0.05) is 36.4 Å². The van der Waals surface area contributed by atoms with Gasteiger partial charge in [0.2, 0.25) is 0 Å². The maximum Gasteiger partial charge on any atom is 0.0726 e. The number of hydrogen-bond acceptors (Lipinski definition) is 3. The van der Waals surface area contributed by atoms with Crippen molar-refractivity contribution in [3.63, 3.8) is 0 Å². The molecule has 0 aliphatic rings. The van der Waals surface area contributed by atoms with E-state index in [4.69, 9.17) is 5.73 Å². The van der Waals surface area contributed by atoms with Crippen molar-refractivity contribution >= 4 is 22.3 Å². The van der Waals surface area contributed by atoms with Crippen LogP contribution in [0, 0.1) is 6.92 Å². The van der Waals surface area contributed by atoms with Crippen molar-refractivity contribution in [2.24, 2.45) is 5.73 Å². The molecule has 3 heteroatoms. The third kappa shape index (κ3) is 2.36. The molecular weight excluding hydrogens is 246 g/mol. The summed E-state index contributed by atoms with van der Waals surface area (Å²) in [6.45, 7) is 2.53. The van der Waals surface area contributed by atoms with Crippen LogP contribution in [-0.4, -0.2) is 4.98 Å². The minimum absolute atomic E-state index is 0.519. The van der Waals surface area contributed by atoms with Crippen molar-refractivity contribution in [1.82, 2.24) is 4.98 Å². The molecule has 0 amide bonds. The van der Waals surface area contributed by atoms with Gasteiger partial charge in [0.15, 0.2) is 0 Å². The van der Waals surface area contributed by atoms with Gasteiger partial charge in [-0.2, -0.15) is 0 Å². The van der Waals surface area contributed by atoms with Gasteiger partial charge in [-0.15, -0.1) is 0 Å². The van der Waals surface area contributed by atoms with Crippen LogP contribution in [0.3, 0.4) is 0 Å². The second kappa shape index (κ2) is 5.31. The fourth-order valence-electron chi connectivity index (χ4n) is 2.38. The molecule has 0 aliphatic heterocycles. The van der Waals surface area contributed by atoms with Crippen LogP contribution < -0.4 is 11.1 Å². The molecule has 0 spiro atoms. The predicted octanol–water partition coefficient (Wildman–Crippen LogP) is 3.75. The van der Waals surface area contributed by atoms with Crippen molar-refractivity contribution < 1.29 is 0 Å². The van der Waals surface area contributed by atoms with E-state index in [1.54, 1.807) is 0 Å². The number of para-hydroxylation sites is 2. The highest BCUT2D eigenvalue weighted by atomic mass is 14.9. The van der Waals surface area contributed by atoms with Crippen LogP contribution in [0.15, 0.2) is 54.6 Å². The number of pyridine rings is 1. The first kappa shape index (κ1) is 12.6. The number of nitrogens with zero attached hydrogens (tertiary/aromatic N) is 1. The van der Waals surface area contributed by atoms with Gasteiger partial charge in [0.05, 0.1) is 5.52 Å². The molecule has 1 heterocycles. The van der Waals surface area contributed by atoms with Gasteiger partial charge in [0.1, 0.15) is 0 Å². The fraction of sp³-hybridized carbons (Fsp3) is 0.118. The van der Waals surface area contributed by atoms with E-state index in [2.05, 4.69) is 22.4 Å². The van der Waals surface area contributed by atoms with Gasteiger partial charge >= 0.3 is 0 Å². The van der Waals surface area contributed by atoms with Crippen molar-refractivity contribution in [2.45, 2.75) is 13.5 Å². The summed E-state index contributed by atoms with van der Waals surface area (Å²) in [7, 11) is 0. The number of anilines is 2. The van der Waals surface area contributed by atoms with Crippen LogP contribution >= 0.6 is 0 Å². The topological polar surface area (TPSA) is 50.9 Å². The average molecular weight is 263 g/mol. The molecule has 0 fully saturated rings. The van der Waals surface area contributed by atoms with E-state index in [0.29, 0.717) is 6.54 Å². The van der Waals surface area contributed by atoms with Gasteiger partial charge in [-0.05, 0) is 30.7 Å². The number of aromatic nitrogens is 1. The van der Waals surface area contributed by atoms with Gasteiger partial charge < -0.3 is 11.1 Å². The van der Waals surface area contributed by atoms with Gasteiger partial charge in [0.25, 0.3) is 0 Å². The van der Waals surface area contributed by atoms with Crippen molar-refractivity contribution in [3.8, 4) is 0 Å². The van der Waals surface area contributed by atoms with E-state index in [9.17, 15) is 0 Å². The molecule has 3 aromatic rings. The minimum atomic E-state index is 0.519. The van der Waals surface area contributed by atoms with Crippen LogP contribution in [0.4, 0.5) is 11.4 Å². The maximum absolute atomic E-state index is 5.79. The molecule has 100 valence electrons. The molecule has 3 nitrogen and oxygen atoms in total. The number of rotatable bonds is 3. The molecule has 0 atom stereocenters. The third-order valence-electron chi connectivity index (χ3n) is 3.35. The summed E-state index contributed by atoms with van der Waals surface area (Å²) >= 11 is 0. The number of hydrogen-bond donors (Lipinski definition) is 2. The smallest absolute Gasteiger partial charge is 0.0726 e. The standard InChI is InChI=1S/C17H17N3/c1-12-10-17(14-7-3-5-9-16(14)19-12)20-15-8-4-2-6-13(15)11-18/h2-10H,11,18H2,1H3,(H,19,20). The second-order valence-electron chi connectivity index (χ2n) is 4.81. The molecule has 20 heavy (non-hydrogen) atoms. The van der Waals surface area contributed by atoms with E-state index in [1.165, 1.54) is 0 Å². The summed E-state index contributed by atoms with van der Waals surface area (Å²) in [5.41, 5.74) is 11.0. The Morgan fingerprint density at radius 1 is 1.00 bits per heavy atom. The van der Waals surface area contributed by atoms with Gasteiger partial charge in [-0.3, -0.25) is 4.98 Å². The van der Waals surface area contributed by atoms with Crippen molar-refractivity contribution in [3.05, 3.63) is 65.9 Å². The fourth-order valence-corrected chi connectivity index (χ4v) is 2.38. The summed E-state index contributed by atoms with van der Waals surface area (Å²) in [5, 5.41) is 4.60. The molecule has 0 saturated heterocycles. The number of nitrogens with two attached hydrogens (primary N) is 1. The minimum Gasteiger partial charge on any atom is -0.355 e. The Kier molecular flexibility index (Phi) is 3.35. The lowest BCUT2D eigenvalue weighted by Crippen LogP contribution is -2.02. The van der Waals surface area contributed by atoms with E-state index in [-0.39, 0.29) is 0 Å². The number of nitrogens with one attached hydrogen (secondary N) is 1. The summed E-state index contributed by atoms with van der Waals surface area (Å²) in [4.78, 5) is 4.56. The molecule has 0 aliphatic carbocycles. The highest BCUT2D eigenvalue weighted by Gasteiger charge is 2.06. The summed E-state index contributed by atoms with van der Waals surface area (Å²) in [5.74, 6) is 0. The zero-order chi connectivity index (χ0) is 13.9. The zero-order valence-corrected chi connectivity index (χ0v) is 11.4. The lowest BCUT2D eigenvalue weighted by molar-refractivity contribution is 1.07. The van der Waals surface area contributed by atoms with E-state index in [1.807, 2.05) is 49.4 Å². The Hall–Kier alpha value is -2.39. The Labute approximate surface area is 118 Å². The summed E-state index contributed by atoms with van der Waals surface area (Å²) in [6.07, 6.45) is 0. The van der Waals surface area contributed by atoms with Crippen molar-refractivity contribution in [1.29, 1.82) is 0 Å². The quantitative estimate of drug-likeness (QED) is 0.756. The first-order chi connectivity index (χ1) is 9.78. The lowest BCUT2D eigenvalue weighted by atomic mass is 10.1. The maximum atomic E-state index is 5.79. The molecule has 0 saturated carbocycles. The van der Waals surface area contributed by atoms with Gasteiger partial charge in [0, 0.05) is 29.0 Å². The average Bonchev–Trinajstić information content (AvgIpc) is 2.47. The Morgan fingerprint density at radius 2 is 1.75 bits per heavy atom. The van der Waals surface area contributed by atoms with E-state index < -0.39 is 0 Å². The second-order valence-corrected chi connectivity index (χ2v) is 4.81. The molecule has 2 aromatic carbocycles. The monoisotopic (exact) mass is 263 g/mol. The third-order valence-corrected chi connectivity index (χ3v) is 3.35. The van der Waals surface area contributed by atoms with Crippen LogP contribution in [0.25, 0.3) is 10.9 Å². The first-order valence-corrected chi connectivity index (χ1v) is 6.69. The highest BCUT2D eigenvalue weighted by molar-refractivity contribution is 5.93. The highest BCUT2D eigenvalue weighted by Crippen LogP contribution is 2.27. The Balaban J connectivity index is 2.10. The van der Waals surface area contributed by atoms with Gasteiger partial charge in [-0.25, -0.2) is 0 Å². The number of fused-ring (bicyclic) bond motifs is 1. The molecule has 0 bridgehead atoms. The predicted molar refractivity (Wildman–Crippen MR) is 84.1 cm³/mol. The van der Waals surface area contributed by atoms with Crippen molar-refractivity contribution in [2.75, 3.05) is 5.32 Å².